The van der Waals surface area contributed by atoms with Crippen LogP contribution in [0.2, 0.25) is 0 Å². The number of hydrogen-bond donors (Lipinski definition) is 2. The van der Waals surface area contributed by atoms with Gasteiger partial charge in [0.2, 0.25) is 0 Å². The number of aliphatic carboxylic acids is 1. The van der Waals surface area contributed by atoms with Crippen molar-refractivity contribution in [2.45, 2.75) is 33.2 Å². The number of carboxylic acid groups (broad SMARTS) is 1. The smallest absolute Gasteiger partial charge is 0.334 e. The van der Waals surface area contributed by atoms with Crippen molar-refractivity contribution >= 4 is 17.4 Å². The SMILES string of the molecule is CC1=NC(C)=C(C(=O)O)C(c2cccc([N+](=O)[O-])c2)C1=C(C)NOCCN(C)Cc1ccccc1. The summed E-state index contributed by atoms with van der Waals surface area (Å²) in [6.45, 7) is 7.07. The number of nitro benzene ring substituents is 1. The molecule has 1 aliphatic heterocycles. The van der Waals surface area contributed by atoms with E-state index in [0.29, 0.717) is 41.4 Å². The average molecular weight is 479 g/mol. The third-order valence-electron chi connectivity index (χ3n) is 5.84. The van der Waals surface area contributed by atoms with Crippen molar-refractivity contribution in [3.63, 3.8) is 0 Å². The summed E-state index contributed by atoms with van der Waals surface area (Å²) in [6.07, 6.45) is 0. The van der Waals surface area contributed by atoms with Gasteiger partial charge in [-0.25, -0.2) is 4.79 Å². The van der Waals surface area contributed by atoms with Crippen LogP contribution in [-0.2, 0) is 16.2 Å². The molecule has 2 aromatic rings. The minimum absolute atomic E-state index is 0.0786. The molecular weight excluding hydrogens is 448 g/mol. The van der Waals surface area contributed by atoms with Crippen LogP contribution in [0.25, 0.3) is 0 Å². The Kier molecular flexibility index (Phi) is 8.51. The fraction of sp³-hybridized carbons (Fsp3) is 0.308. The van der Waals surface area contributed by atoms with Crippen molar-refractivity contribution in [3.05, 3.63) is 98.4 Å². The van der Waals surface area contributed by atoms with Gasteiger partial charge < -0.3 is 5.11 Å². The van der Waals surface area contributed by atoms with Gasteiger partial charge in [0.15, 0.2) is 0 Å². The van der Waals surface area contributed by atoms with Crippen LogP contribution in [0.3, 0.4) is 0 Å². The largest absolute Gasteiger partial charge is 0.478 e. The molecule has 2 N–H and O–H groups in total. The number of carbonyl (C=O) groups is 1. The van der Waals surface area contributed by atoms with E-state index in [1.54, 1.807) is 32.9 Å². The maximum Gasteiger partial charge on any atom is 0.334 e. The number of rotatable bonds is 10. The number of non-ortho nitro benzene ring substituents is 1. The Bertz CT molecular complexity index is 1190. The van der Waals surface area contributed by atoms with E-state index in [1.807, 2.05) is 25.2 Å². The van der Waals surface area contributed by atoms with Crippen molar-refractivity contribution in [2.75, 3.05) is 20.2 Å². The molecular formula is C26H30N4O5. The van der Waals surface area contributed by atoms with Gasteiger partial charge in [0.25, 0.3) is 5.69 Å². The number of hydroxylamine groups is 1. The monoisotopic (exact) mass is 478 g/mol. The number of nitrogens with zero attached hydrogens (tertiary/aromatic N) is 3. The molecule has 0 bridgehead atoms. The van der Waals surface area contributed by atoms with Crippen molar-refractivity contribution in [1.29, 1.82) is 0 Å². The molecule has 1 heterocycles. The molecule has 184 valence electrons. The third kappa shape index (κ3) is 6.40. The predicted molar refractivity (Wildman–Crippen MR) is 134 cm³/mol. The number of nitro groups is 1. The van der Waals surface area contributed by atoms with Crippen LogP contribution in [0.4, 0.5) is 5.69 Å². The average Bonchev–Trinajstić information content (AvgIpc) is 2.81. The van der Waals surface area contributed by atoms with E-state index in [9.17, 15) is 20.0 Å². The highest BCUT2D eigenvalue weighted by atomic mass is 16.6. The summed E-state index contributed by atoms with van der Waals surface area (Å²) < 4.78 is 0. The second kappa shape index (κ2) is 11.5. The molecule has 0 fully saturated rings. The molecule has 1 aliphatic rings. The van der Waals surface area contributed by atoms with Crippen LogP contribution in [-0.4, -0.2) is 46.8 Å². The quantitative estimate of drug-likeness (QED) is 0.294. The number of nitrogens with one attached hydrogen (secondary N) is 1. The second-order valence-electron chi connectivity index (χ2n) is 8.50. The molecule has 0 radical (unpaired) electrons. The van der Waals surface area contributed by atoms with Crippen LogP contribution in [0.1, 0.15) is 37.8 Å². The lowest BCUT2D eigenvalue weighted by atomic mass is 9.79. The van der Waals surface area contributed by atoms with E-state index in [0.717, 1.165) is 6.54 Å². The molecule has 3 rings (SSSR count). The Hall–Kier alpha value is -3.82. The van der Waals surface area contributed by atoms with Gasteiger partial charge in [0.05, 0.1) is 17.1 Å². The first-order chi connectivity index (χ1) is 16.7. The number of benzene rings is 2. The molecule has 0 saturated carbocycles. The Morgan fingerprint density at radius 3 is 2.57 bits per heavy atom. The van der Waals surface area contributed by atoms with E-state index >= 15 is 0 Å². The summed E-state index contributed by atoms with van der Waals surface area (Å²) in [6, 6.07) is 16.2. The lowest BCUT2D eigenvalue weighted by Gasteiger charge is -2.28. The molecule has 1 atom stereocenters. The highest BCUT2D eigenvalue weighted by Gasteiger charge is 2.34. The number of carboxylic acids is 1. The molecule has 0 aliphatic carbocycles. The zero-order valence-corrected chi connectivity index (χ0v) is 20.3. The summed E-state index contributed by atoms with van der Waals surface area (Å²) >= 11 is 0. The Morgan fingerprint density at radius 1 is 1.20 bits per heavy atom. The normalized spacial score (nSPS) is 17.3. The summed E-state index contributed by atoms with van der Waals surface area (Å²) in [5.74, 6) is -1.86. The third-order valence-corrected chi connectivity index (χ3v) is 5.84. The van der Waals surface area contributed by atoms with Gasteiger partial charge in [0, 0.05) is 53.8 Å². The Balaban J connectivity index is 1.80. The first-order valence-corrected chi connectivity index (χ1v) is 11.2. The summed E-state index contributed by atoms with van der Waals surface area (Å²) in [4.78, 5) is 35.3. The Labute approximate surface area is 204 Å². The minimum Gasteiger partial charge on any atom is -0.478 e. The molecule has 0 spiro atoms. The van der Waals surface area contributed by atoms with Gasteiger partial charge in [-0.3, -0.25) is 30.3 Å². The summed E-state index contributed by atoms with van der Waals surface area (Å²) in [5.41, 5.74) is 6.83. The van der Waals surface area contributed by atoms with Crippen LogP contribution in [0.5, 0.6) is 0 Å². The zero-order valence-electron chi connectivity index (χ0n) is 20.3. The lowest BCUT2D eigenvalue weighted by molar-refractivity contribution is -0.384. The highest BCUT2D eigenvalue weighted by Crippen LogP contribution is 2.40. The van der Waals surface area contributed by atoms with E-state index in [1.165, 1.54) is 17.7 Å². The number of aliphatic imine (C=N–C) groups is 1. The van der Waals surface area contributed by atoms with E-state index < -0.39 is 16.8 Å². The molecule has 2 aromatic carbocycles. The molecule has 0 amide bonds. The van der Waals surface area contributed by atoms with Crippen LogP contribution in [0.15, 0.2) is 82.1 Å². The Morgan fingerprint density at radius 2 is 1.91 bits per heavy atom. The summed E-state index contributed by atoms with van der Waals surface area (Å²) in [7, 11) is 2.00. The second-order valence-corrected chi connectivity index (χ2v) is 8.50. The maximum atomic E-state index is 12.2. The van der Waals surface area contributed by atoms with Crippen LogP contribution >= 0.6 is 0 Å². The topological polar surface area (TPSA) is 117 Å². The standard InChI is InChI=1S/C26H30N4O5/c1-17-23(19(3)28-35-14-13-29(4)16-20-9-6-5-7-10-20)25(24(26(31)32)18(2)27-17)21-11-8-12-22(15-21)30(33)34/h5-12,15,25,28H,13-14,16H2,1-4H3,(H,31,32). The molecule has 0 aromatic heterocycles. The molecule has 1 unspecified atom stereocenters. The first-order valence-electron chi connectivity index (χ1n) is 11.2. The van der Waals surface area contributed by atoms with Crippen molar-refractivity contribution in [3.8, 4) is 0 Å². The number of hydrogen-bond acceptors (Lipinski definition) is 7. The van der Waals surface area contributed by atoms with E-state index in [4.69, 9.17) is 4.84 Å². The number of allylic oxidation sites excluding steroid dienone is 3. The van der Waals surface area contributed by atoms with Gasteiger partial charge in [-0.1, -0.05) is 42.5 Å². The van der Waals surface area contributed by atoms with Crippen molar-refractivity contribution in [1.82, 2.24) is 10.4 Å². The van der Waals surface area contributed by atoms with Gasteiger partial charge in [-0.15, -0.1) is 0 Å². The lowest BCUT2D eigenvalue weighted by Crippen LogP contribution is -2.29. The molecule has 35 heavy (non-hydrogen) atoms. The van der Waals surface area contributed by atoms with Crippen LogP contribution < -0.4 is 5.48 Å². The minimum atomic E-state index is -1.12. The van der Waals surface area contributed by atoms with Gasteiger partial charge >= 0.3 is 5.97 Å². The maximum absolute atomic E-state index is 12.2. The van der Waals surface area contributed by atoms with Gasteiger partial charge in [-0.05, 0) is 38.9 Å². The van der Waals surface area contributed by atoms with Gasteiger partial charge in [0.1, 0.15) is 0 Å². The summed E-state index contributed by atoms with van der Waals surface area (Å²) in [5, 5.41) is 21.3. The molecule has 0 saturated heterocycles. The zero-order chi connectivity index (χ0) is 25.5. The predicted octanol–water partition coefficient (Wildman–Crippen LogP) is 4.44. The van der Waals surface area contributed by atoms with E-state index in [2.05, 4.69) is 27.5 Å². The van der Waals surface area contributed by atoms with Crippen LogP contribution in [0, 0.1) is 10.1 Å². The van der Waals surface area contributed by atoms with E-state index in [-0.39, 0.29) is 11.3 Å². The number of likely N-dealkylation sites (N-methyl/N-ethyl adjacent to an activating group) is 1. The highest BCUT2D eigenvalue weighted by molar-refractivity contribution is 6.06. The van der Waals surface area contributed by atoms with Crippen molar-refractivity contribution in [2.24, 2.45) is 4.99 Å². The van der Waals surface area contributed by atoms with Crippen molar-refractivity contribution < 1.29 is 19.7 Å². The fourth-order valence-electron chi connectivity index (χ4n) is 4.24. The first kappa shape index (κ1) is 25.8. The fourth-order valence-corrected chi connectivity index (χ4v) is 4.24. The van der Waals surface area contributed by atoms with Gasteiger partial charge in [-0.2, -0.15) is 0 Å². The molecule has 9 nitrogen and oxygen atoms in total. The molecule has 9 heteroatoms.